The molecular weight excluding hydrogens is 227 g/mol. The molecule has 0 aromatic heterocycles. The van der Waals surface area contributed by atoms with E-state index < -0.39 is 17.7 Å². The second-order valence-corrected chi connectivity index (χ2v) is 12.3. The van der Waals surface area contributed by atoms with Gasteiger partial charge in [-0.1, -0.05) is 0 Å². The molecule has 1 unspecified atom stereocenters. The van der Waals surface area contributed by atoms with Gasteiger partial charge < -0.3 is 0 Å². The van der Waals surface area contributed by atoms with Crippen molar-refractivity contribution in [2.45, 2.75) is 12.8 Å². The van der Waals surface area contributed by atoms with Crippen LogP contribution in [-0.4, -0.2) is 42.1 Å². The van der Waals surface area contributed by atoms with Crippen molar-refractivity contribution in [2.75, 3.05) is 37.2 Å². The van der Waals surface area contributed by atoms with Crippen LogP contribution >= 0.6 is 17.7 Å². The van der Waals surface area contributed by atoms with Crippen LogP contribution in [0.2, 0.25) is 0 Å². The van der Waals surface area contributed by atoms with Crippen LogP contribution in [0.3, 0.4) is 0 Å². The van der Waals surface area contributed by atoms with Gasteiger partial charge in [-0.2, -0.15) is 0 Å². The van der Waals surface area contributed by atoms with Gasteiger partial charge in [-0.05, 0) is 0 Å². The Morgan fingerprint density at radius 2 is 2.33 bits per heavy atom. The Morgan fingerprint density at radius 1 is 1.53 bits per heavy atom. The fourth-order valence-electron chi connectivity index (χ4n) is 2.46. The van der Waals surface area contributed by atoms with E-state index in [2.05, 4.69) is 24.0 Å². The molecule has 1 fully saturated rings. The van der Waals surface area contributed by atoms with Gasteiger partial charge in [0.2, 0.25) is 0 Å². The Kier molecular flexibility index (Phi) is 3.47. The number of rotatable bonds is 3. The maximum atomic E-state index is 10.2. The fourth-order valence-corrected chi connectivity index (χ4v) is 7.18. The first kappa shape index (κ1) is 11.9. The van der Waals surface area contributed by atoms with Crippen molar-refractivity contribution in [3.63, 3.8) is 0 Å². The monoisotopic (exact) mass is 250 g/mol. The topological polar surface area (TPSA) is 29.5 Å². The van der Waals surface area contributed by atoms with Gasteiger partial charge in [-0.15, -0.1) is 0 Å². The molecule has 1 saturated heterocycles. The Bertz CT molecular complexity index is 259. The van der Waals surface area contributed by atoms with Crippen molar-refractivity contribution >= 4 is 17.7 Å². The molecule has 0 bridgehead atoms. The Balaban J connectivity index is 1.77. The van der Waals surface area contributed by atoms with Crippen LogP contribution in [0.25, 0.3) is 0 Å². The summed E-state index contributed by atoms with van der Waals surface area (Å²) in [5.74, 6) is 2.02. The van der Waals surface area contributed by atoms with Gasteiger partial charge in [0.25, 0.3) is 0 Å². The molecule has 1 N–H and O–H groups in total. The third-order valence-corrected chi connectivity index (χ3v) is 8.48. The summed E-state index contributed by atoms with van der Waals surface area (Å²) in [7, 11) is -2.67. The average Bonchev–Trinajstić information content (AvgIpc) is 2.70. The molecule has 0 spiro atoms. The van der Waals surface area contributed by atoms with Crippen molar-refractivity contribution in [1.29, 1.82) is 0 Å². The number of hydrogen-bond acceptors (Lipinski definition) is 2. The van der Waals surface area contributed by atoms with Crippen molar-refractivity contribution in [3.05, 3.63) is 11.5 Å². The summed E-state index contributed by atoms with van der Waals surface area (Å²) in [5.41, 5.74) is 0. The van der Waals surface area contributed by atoms with Gasteiger partial charge in [-0.3, -0.25) is 0 Å². The van der Waals surface area contributed by atoms with Crippen LogP contribution in [0.1, 0.15) is 12.8 Å². The zero-order valence-electron chi connectivity index (χ0n) is 9.74. The molecule has 2 nitrogen and oxygen atoms in total. The molecule has 0 aliphatic carbocycles. The quantitative estimate of drug-likeness (QED) is 0.780. The molecule has 2 heterocycles. The predicted molar refractivity (Wildman–Crippen MR) is 72.4 cm³/mol. The van der Waals surface area contributed by atoms with E-state index in [4.69, 9.17) is 4.52 Å². The first-order valence-corrected chi connectivity index (χ1v) is 10.7. The van der Waals surface area contributed by atoms with E-state index in [1.165, 1.54) is 5.75 Å². The summed E-state index contributed by atoms with van der Waals surface area (Å²) in [5, 5.41) is 2.40. The fraction of sp³-hybridized carbons (Fsp3) is 0.818. The second kappa shape index (κ2) is 4.37. The zero-order valence-corrected chi connectivity index (χ0v) is 11.6. The molecule has 2 aliphatic rings. The zero-order chi connectivity index (χ0) is 10.9. The standard InChI is InChI=1S/C11H23O2PS/c1-15(2)9-5-11(10-15)4-8-14(12)7-3-6-13-14/h5,9,11-12,14H,3-4,6-8,10H2,1-2H3. The second-order valence-electron chi connectivity index (χ2n) is 5.32. The molecule has 1 atom stereocenters. The van der Waals surface area contributed by atoms with E-state index in [0.717, 1.165) is 31.8 Å². The van der Waals surface area contributed by atoms with Crippen molar-refractivity contribution in [3.8, 4) is 0 Å². The predicted octanol–water partition coefficient (Wildman–Crippen LogP) is 2.58. The minimum atomic E-state index is -2.22. The number of allylic oxidation sites excluding steroid dienone is 1. The number of hydrogen-bond donors (Lipinski definition) is 1. The molecule has 2 aliphatic heterocycles. The van der Waals surface area contributed by atoms with Crippen LogP contribution in [0.5, 0.6) is 0 Å². The SMILES string of the molecule is CS1(C)C=CC(CC[PH]2(O)CCCO2)C1. The molecule has 0 aromatic rings. The Morgan fingerprint density at radius 3 is 2.87 bits per heavy atom. The third-order valence-electron chi connectivity index (χ3n) is 3.35. The van der Waals surface area contributed by atoms with E-state index in [9.17, 15) is 4.89 Å². The van der Waals surface area contributed by atoms with Crippen molar-refractivity contribution in [2.24, 2.45) is 5.92 Å². The summed E-state index contributed by atoms with van der Waals surface area (Å²) in [6.07, 6.45) is 11.2. The molecule has 0 radical (unpaired) electrons. The molecule has 2 rings (SSSR count). The first-order valence-electron chi connectivity index (χ1n) is 5.75. The Labute approximate surface area is 94.9 Å². The molecular formula is C11H23O2PS. The molecule has 0 aromatic carbocycles. The summed E-state index contributed by atoms with van der Waals surface area (Å²) >= 11 is 0. The normalized spacial score (nSPS) is 36.6. The first-order chi connectivity index (χ1) is 6.99. The van der Waals surface area contributed by atoms with E-state index >= 15 is 0 Å². The van der Waals surface area contributed by atoms with Gasteiger partial charge in [-0.25, -0.2) is 0 Å². The average molecular weight is 250 g/mol. The van der Waals surface area contributed by atoms with Crippen LogP contribution < -0.4 is 0 Å². The molecule has 0 saturated carbocycles. The summed E-state index contributed by atoms with van der Waals surface area (Å²) < 4.78 is 5.53. The Hall–Kier alpha value is 0.440. The minimum absolute atomic E-state index is 0.449. The summed E-state index contributed by atoms with van der Waals surface area (Å²) in [4.78, 5) is 10.2. The van der Waals surface area contributed by atoms with E-state index in [1.807, 2.05) is 0 Å². The van der Waals surface area contributed by atoms with Crippen LogP contribution in [0.15, 0.2) is 11.5 Å². The van der Waals surface area contributed by atoms with Gasteiger partial charge in [0.05, 0.1) is 0 Å². The summed E-state index contributed by atoms with van der Waals surface area (Å²) in [6, 6.07) is 0. The maximum absolute atomic E-state index is 10.2. The molecule has 90 valence electrons. The van der Waals surface area contributed by atoms with Gasteiger partial charge >= 0.3 is 94.6 Å². The molecule has 4 heteroatoms. The van der Waals surface area contributed by atoms with E-state index in [-0.39, 0.29) is 0 Å². The molecule has 0 amide bonds. The van der Waals surface area contributed by atoms with E-state index in [0.29, 0.717) is 5.92 Å². The summed E-state index contributed by atoms with van der Waals surface area (Å²) in [6.45, 7) is 0.792. The van der Waals surface area contributed by atoms with Gasteiger partial charge in [0.1, 0.15) is 0 Å². The van der Waals surface area contributed by atoms with Crippen LogP contribution in [0.4, 0.5) is 0 Å². The van der Waals surface area contributed by atoms with E-state index in [1.54, 1.807) is 0 Å². The van der Waals surface area contributed by atoms with Crippen molar-refractivity contribution in [1.82, 2.24) is 0 Å². The van der Waals surface area contributed by atoms with Gasteiger partial charge in [0, 0.05) is 0 Å². The van der Waals surface area contributed by atoms with Gasteiger partial charge in [0.15, 0.2) is 0 Å². The third kappa shape index (κ3) is 3.20. The van der Waals surface area contributed by atoms with Crippen LogP contribution in [0, 0.1) is 5.92 Å². The van der Waals surface area contributed by atoms with Crippen molar-refractivity contribution < 1.29 is 9.42 Å². The molecule has 15 heavy (non-hydrogen) atoms. The van der Waals surface area contributed by atoms with Crippen LogP contribution in [-0.2, 0) is 4.52 Å².